The van der Waals surface area contributed by atoms with Gasteiger partial charge >= 0.3 is 6.18 Å². The van der Waals surface area contributed by atoms with Crippen LogP contribution in [0.4, 0.5) is 13.2 Å². The molecule has 0 spiro atoms. The number of nitrogens with zero attached hydrogens (tertiary/aromatic N) is 1. The summed E-state index contributed by atoms with van der Waals surface area (Å²) >= 11 is 5.76. The van der Waals surface area contributed by atoms with Gasteiger partial charge in [-0.3, -0.25) is 9.78 Å². The van der Waals surface area contributed by atoms with E-state index in [1.54, 1.807) is 0 Å². The van der Waals surface area contributed by atoms with Crippen molar-refractivity contribution in [2.75, 3.05) is 6.54 Å². The largest absolute Gasteiger partial charge is 0.396 e. The van der Waals surface area contributed by atoms with Gasteiger partial charge in [-0.05, 0) is 18.9 Å². The van der Waals surface area contributed by atoms with Crippen LogP contribution in [0.5, 0.6) is 0 Å². The molecule has 1 amide bonds. The number of nitrogens with one attached hydrogen (secondary N) is 1. The standard InChI is InChI=1S/C12H12ClF3N2O/c13-9-6-17-5-2-8(9)10(19)18-7-11(3-1-4-11)12(14,15)16/h2,5-6H,1,3-4,7H2,(H,18,19). The summed E-state index contributed by atoms with van der Waals surface area (Å²) < 4.78 is 38.7. The highest BCUT2D eigenvalue weighted by Gasteiger charge is 2.58. The van der Waals surface area contributed by atoms with Gasteiger partial charge in [-0.1, -0.05) is 18.0 Å². The third-order valence-corrected chi connectivity index (χ3v) is 3.82. The molecule has 1 fully saturated rings. The zero-order chi connectivity index (χ0) is 14.1. The minimum atomic E-state index is -4.29. The van der Waals surface area contributed by atoms with Gasteiger partial charge in [0.2, 0.25) is 0 Å². The van der Waals surface area contributed by atoms with Crippen molar-refractivity contribution in [3.05, 3.63) is 29.0 Å². The van der Waals surface area contributed by atoms with Crippen LogP contribution in [0.3, 0.4) is 0 Å². The highest BCUT2D eigenvalue weighted by atomic mass is 35.5. The third kappa shape index (κ3) is 2.68. The first-order valence-electron chi connectivity index (χ1n) is 5.80. The number of carbonyl (C=O) groups excluding carboxylic acids is 1. The molecule has 0 atom stereocenters. The van der Waals surface area contributed by atoms with Crippen molar-refractivity contribution in [2.45, 2.75) is 25.4 Å². The molecule has 3 nitrogen and oxygen atoms in total. The summed E-state index contributed by atoms with van der Waals surface area (Å²) in [5.41, 5.74) is -1.64. The molecule has 0 bridgehead atoms. The van der Waals surface area contributed by atoms with E-state index < -0.39 is 24.0 Å². The van der Waals surface area contributed by atoms with Crippen LogP contribution in [0.25, 0.3) is 0 Å². The summed E-state index contributed by atoms with van der Waals surface area (Å²) in [6.07, 6.45) is -1.00. The second-order valence-electron chi connectivity index (χ2n) is 4.67. The number of alkyl halides is 3. The highest BCUT2D eigenvalue weighted by molar-refractivity contribution is 6.33. The average Bonchev–Trinajstić information content (AvgIpc) is 2.25. The Morgan fingerprint density at radius 3 is 2.63 bits per heavy atom. The fraction of sp³-hybridized carbons (Fsp3) is 0.500. The number of aromatic nitrogens is 1. The van der Waals surface area contributed by atoms with E-state index in [2.05, 4.69) is 10.3 Å². The first kappa shape index (κ1) is 14.1. The smallest absolute Gasteiger partial charge is 0.351 e. The Morgan fingerprint density at radius 1 is 1.47 bits per heavy atom. The first-order valence-corrected chi connectivity index (χ1v) is 6.18. The topological polar surface area (TPSA) is 42.0 Å². The van der Waals surface area contributed by atoms with Gasteiger partial charge in [0.05, 0.1) is 16.0 Å². The molecule has 1 aromatic rings. The Hall–Kier alpha value is -1.30. The fourth-order valence-electron chi connectivity index (χ4n) is 2.07. The number of halogens is 4. The molecule has 7 heteroatoms. The van der Waals surface area contributed by atoms with Crippen molar-refractivity contribution in [3.63, 3.8) is 0 Å². The summed E-state index contributed by atoms with van der Waals surface area (Å²) in [6, 6.07) is 1.37. The zero-order valence-electron chi connectivity index (χ0n) is 9.93. The molecule has 0 aromatic carbocycles. The van der Waals surface area contributed by atoms with Crippen molar-refractivity contribution < 1.29 is 18.0 Å². The minimum Gasteiger partial charge on any atom is -0.351 e. The predicted molar refractivity (Wildman–Crippen MR) is 63.9 cm³/mol. The number of carbonyl (C=O) groups is 1. The quantitative estimate of drug-likeness (QED) is 0.929. The van der Waals surface area contributed by atoms with E-state index in [0.29, 0.717) is 6.42 Å². The SMILES string of the molecule is O=C(NCC1(C(F)(F)F)CCC1)c1ccncc1Cl. The zero-order valence-corrected chi connectivity index (χ0v) is 10.7. The van der Waals surface area contributed by atoms with Gasteiger partial charge in [0.1, 0.15) is 0 Å². The second-order valence-corrected chi connectivity index (χ2v) is 5.08. The van der Waals surface area contributed by atoms with E-state index in [1.165, 1.54) is 18.5 Å². The van der Waals surface area contributed by atoms with Crippen molar-refractivity contribution in [3.8, 4) is 0 Å². The van der Waals surface area contributed by atoms with Crippen molar-refractivity contribution >= 4 is 17.5 Å². The minimum absolute atomic E-state index is 0.0564. The maximum atomic E-state index is 12.9. The van der Waals surface area contributed by atoms with Gasteiger partial charge < -0.3 is 5.32 Å². The van der Waals surface area contributed by atoms with Crippen molar-refractivity contribution in [2.24, 2.45) is 5.41 Å². The summed E-state index contributed by atoms with van der Waals surface area (Å²) in [6.45, 7) is -0.409. The number of hydrogen-bond acceptors (Lipinski definition) is 2. The fourth-order valence-corrected chi connectivity index (χ4v) is 2.27. The van der Waals surface area contributed by atoms with Crippen LogP contribution in [-0.4, -0.2) is 23.6 Å². The van der Waals surface area contributed by atoms with Gasteiger partial charge in [0, 0.05) is 18.9 Å². The van der Waals surface area contributed by atoms with E-state index in [0.717, 1.165) is 0 Å². The lowest BCUT2D eigenvalue weighted by atomic mass is 9.68. The molecule has 1 aliphatic carbocycles. The lowest BCUT2D eigenvalue weighted by Crippen LogP contribution is -2.51. The average molecular weight is 293 g/mol. The van der Waals surface area contributed by atoms with Gasteiger partial charge in [-0.2, -0.15) is 13.2 Å². The van der Waals surface area contributed by atoms with Crippen LogP contribution >= 0.6 is 11.6 Å². The molecule has 1 aromatic heterocycles. The number of pyridine rings is 1. The molecule has 1 heterocycles. The maximum absolute atomic E-state index is 12.9. The summed E-state index contributed by atoms with van der Waals surface area (Å²) in [5.74, 6) is -0.608. The van der Waals surface area contributed by atoms with Crippen molar-refractivity contribution in [1.82, 2.24) is 10.3 Å². The molecule has 1 aliphatic rings. The van der Waals surface area contributed by atoms with E-state index in [9.17, 15) is 18.0 Å². The normalized spacial score (nSPS) is 17.7. The van der Waals surface area contributed by atoms with Crippen LogP contribution in [0, 0.1) is 5.41 Å². The molecule has 0 radical (unpaired) electrons. The van der Waals surface area contributed by atoms with Crippen molar-refractivity contribution in [1.29, 1.82) is 0 Å². The Morgan fingerprint density at radius 2 is 2.16 bits per heavy atom. The van der Waals surface area contributed by atoms with Gasteiger partial charge in [-0.15, -0.1) is 0 Å². The van der Waals surface area contributed by atoms with E-state index in [4.69, 9.17) is 11.6 Å². The maximum Gasteiger partial charge on any atom is 0.396 e. The molecular formula is C12H12ClF3N2O. The number of amides is 1. The monoisotopic (exact) mass is 292 g/mol. The molecule has 0 aliphatic heterocycles. The lowest BCUT2D eigenvalue weighted by Gasteiger charge is -2.43. The van der Waals surface area contributed by atoms with Crippen LogP contribution in [0.2, 0.25) is 5.02 Å². The Labute approximate surface area is 113 Å². The number of hydrogen-bond donors (Lipinski definition) is 1. The van der Waals surface area contributed by atoms with E-state index in [-0.39, 0.29) is 23.4 Å². The molecule has 104 valence electrons. The lowest BCUT2D eigenvalue weighted by molar-refractivity contribution is -0.247. The van der Waals surface area contributed by atoms with Gasteiger partial charge in [-0.25, -0.2) is 0 Å². The van der Waals surface area contributed by atoms with Crippen LogP contribution in [0.15, 0.2) is 18.5 Å². The predicted octanol–water partition coefficient (Wildman–Crippen LogP) is 3.20. The molecule has 19 heavy (non-hydrogen) atoms. The Bertz CT molecular complexity index is 486. The van der Waals surface area contributed by atoms with Gasteiger partial charge in [0.25, 0.3) is 5.91 Å². The molecule has 1 N–H and O–H groups in total. The Kier molecular flexibility index (Phi) is 3.71. The second kappa shape index (κ2) is 5.00. The van der Waals surface area contributed by atoms with Crippen LogP contribution in [0.1, 0.15) is 29.6 Å². The first-order chi connectivity index (χ1) is 8.86. The molecule has 0 saturated heterocycles. The van der Waals surface area contributed by atoms with Crippen LogP contribution < -0.4 is 5.32 Å². The summed E-state index contributed by atoms with van der Waals surface area (Å²) in [4.78, 5) is 15.5. The third-order valence-electron chi connectivity index (χ3n) is 3.52. The summed E-state index contributed by atoms with van der Waals surface area (Å²) in [7, 11) is 0. The molecule has 0 unspecified atom stereocenters. The summed E-state index contributed by atoms with van der Waals surface area (Å²) in [5, 5.41) is 2.44. The number of rotatable bonds is 3. The van der Waals surface area contributed by atoms with Crippen LogP contribution in [-0.2, 0) is 0 Å². The Balaban J connectivity index is 2.03. The molecular weight excluding hydrogens is 281 g/mol. The van der Waals surface area contributed by atoms with E-state index >= 15 is 0 Å². The van der Waals surface area contributed by atoms with E-state index in [1.807, 2.05) is 0 Å². The highest BCUT2D eigenvalue weighted by Crippen LogP contribution is 2.52. The molecule has 1 saturated carbocycles. The van der Waals surface area contributed by atoms with Gasteiger partial charge in [0.15, 0.2) is 0 Å². The molecule has 2 rings (SSSR count).